The smallest absolute Gasteiger partial charge is 0.234 e. The lowest BCUT2D eigenvalue weighted by molar-refractivity contribution is -0.130. The number of thiazole rings is 1. The average molecular weight is 726 g/mol. The van der Waals surface area contributed by atoms with E-state index in [1.165, 1.54) is 19.1 Å². The number of likely N-dealkylation sites (tertiary alicyclic amines) is 1. The van der Waals surface area contributed by atoms with Crippen LogP contribution in [0.2, 0.25) is 5.02 Å². The topological polar surface area (TPSA) is 121 Å². The zero-order chi connectivity index (χ0) is 34.9. The standard InChI is InChI=1S/C35H35ClF3N7O3S/c1-18(47)44-9-2-5-20(16-44)46-11-4-12-48-31-25-29(27(39)24(26(31)36)21-6-7-23(38)32-28(21)43-34(41)50-32)42-33(22(14-40)30(25)46)49-17-35-8-3-10-45(35)15-19(37)13-35/h6-7,19-20H,2-5,8-13,15-17H2,1H3,(H2,41,43)/t19-,20?,35+/m1/s1. The Morgan fingerprint density at radius 2 is 2.04 bits per heavy atom. The van der Waals surface area contributed by atoms with E-state index in [4.69, 9.17) is 26.8 Å². The molecule has 4 aliphatic rings. The van der Waals surface area contributed by atoms with Crippen molar-refractivity contribution in [3.8, 4) is 28.8 Å². The van der Waals surface area contributed by atoms with Crippen LogP contribution in [-0.2, 0) is 4.79 Å². The van der Waals surface area contributed by atoms with Crippen LogP contribution in [0.1, 0.15) is 51.0 Å². The van der Waals surface area contributed by atoms with Crippen LogP contribution in [0.4, 0.5) is 24.0 Å². The van der Waals surface area contributed by atoms with Gasteiger partial charge in [0.25, 0.3) is 0 Å². The molecule has 50 heavy (non-hydrogen) atoms. The molecule has 15 heteroatoms. The first kappa shape index (κ1) is 33.1. The molecule has 0 saturated carbocycles. The van der Waals surface area contributed by atoms with Gasteiger partial charge in [0.1, 0.15) is 41.5 Å². The number of aromatic nitrogens is 2. The van der Waals surface area contributed by atoms with E-state index >= 15 is 4.39 Å². The molecule has 8 rings (SSSR count). The first-order valence-electron chi connectivity index (χ1n) is 16.9. The molecule has 1 amide bonds. The van der Waals surface area contributed by atoms with Gasteiger partial charge in [0.2, 0.25) is 11.8 Å². The highest BCUT2D eigenvalue weighted by Crippen LogP contribution is 2.52. The van der Waals surface area contributed by atoms with Crippen molar-refractivity contribution in [2.75, 3.05) is 56.6 Å². The number of rotatable bonds is 5. The average Bonchev–Trinajstić information content (AvgIpc) is 3.76. The fourth-order valence-corrected chi connectivity index (χ4v) is 9.55. The zero-order valence-electron chi connectivity index (χ0n) is 27.4. The quantitative estimate of drug-likeness (QED) is 0.248. The summed E-state index contributed by atoms with van der Waals surface area (Å²) >= 11 is 8.03. The molecule has 0 aliphatic carbocycles. The Morgan fingerprint density at radius 3 is 2.84 bits per heavy atom. The van der Waals surface area contributed by atoms with Gasteiger partial charge in [0, 0.05) is 56.7 Å². The summed E-state index contributed by atoms with van der Waals surface area (Å²) in [5.41, 5.74) is 5.97. The maximum Gasteiger partial charge on any atom is 0.234 e. The number of amides is 1. The van der Waals surface area contributed by atoms with Gasteiger partial charge in [0.15, 0.2) is 10.9 Å². The molecule has 0 radical (unpaired) electrons. The maximum atomic E-state index is 17.3. The molecule has 3 saturated heterocycles. The molecule has 4 aromatic rings. The monoisotopic (exact) mass is 725 g/mol. The Hall–Kier alpha value is -4.06. The minimum atomic E-state index is -0.993. The number of piperidine rings is 1. The fourth-order valence-electron chi connectivity index (χ4n) is 8.45. The molecule has 3 fully saturated rings. The van der Waals surface area contributed by atoms with Gasteiger partial charge in [-0.1, -0.05) is 22.9 Å². The van der Waals surface area contributed by atoms with E-state index in [1.54, 1.807) is 4.90 Å². The molecule has 2 N–H and O–H groups in total. The van der Waals surface area contributed by atoms with E-state index < -0.39 is 23.3 Å². The number of fused-ring (bicyclic) bond motifs is 2. The van der Waals surface area contributed by atoms with Gasteiger partial charge < -0.3 is 25.0 Å². The molecule has 2 aromatic heterocycles. The van der Waals surface area contributed by atoms with Crippen LogP contribution in [0, 0.1) is 23.0 Å². The number of ether oxygens (including phenoxy) is 2. The van der Waals surface area contributed by atoms with Crippen molar-refractivity contribution in [3.63, 3.8) is 0 Å². The lowest BCUT2D eigenvalue weighted by atomic mass is 9.94. The molecule has 262 valence electrons. The van der Waals surface area contributed by atoms with Crippen molar-refractivity contribution >= 4 is 60.8 Å². The van der Waals surface area contributed by atoms with Crippen molar-refractivity contribution in [1.82, 2.24) is 19.8 Å². The van der Waals surface area contributed by atoms with Gasteiger partial charge in [-0.15, -0.1) is 0 Å². The third-order valence-corrected chi connectivity index (χ3v) is 12.0. The number of nitrogen functional groups attached to an aromatic ring is 1. The van der Waals surface area contributed by atoms with E-state index in [0.29, 0.717) is 44.7 Å². The first-order chi connectivity index (χ1) is 24.1. The second kappa shape index (κ2) is 12.6. The van der Waals surface area contributed by atoms with Crippen LogP contribution >= 0.6 is 22.9 Å². The molecule has 3 atom stereocenters. The zero-order valence-corrected chi connectivity index (χ0v) is 29.0. The van der Waals surface area contributed by atoms with E-state index in [2.05, 4.69) is 25.8 Å². The summed E-state index contributed by atoms with van der Waals surface area (Å²) in [6.07, 6.45) is 2.94. The summed E-state index contributed by atoms with van der Waals surface area (Å²) in [7, 11) is 0. The van der Waals surface area contributed by atoms with Gasteiger partial charge >= 0.3 is 0 Å². The normalized spacial score (nSPS) is 23.8. The molecular formula is C35H35ClF3N7O3S. The third kappa shape index (κ3) is 5.27. The number of nitrogens with zero attached hydrogens (tertiary/aromatic N) is 6. The highest BCUT2D eigenvalue weighted by Gasteiger charge is 2.49. The Labute approximate surface area is 295 Å². The highest BCUT2D eigenvalue weighted by molar-refractivity contribution is 7.22. The van der Waals surface area contributed by atoms with Gasteiger partial charge in [0.05, 0.1) is 38.5 Å². The summed E-state index contributed by atoms with van der Waals surface area (Å²) in [6, 6.07) is 4.71. The van der Waals surface area contributed by atoms with Crippen LogP contribution in [0.15, 0.2) is 12.1 Å². The first-order valence-corrected chi connectivity index (χ1v) is 18.1. The number of nitrogens with two attached hydrogens (primary N) is 1. The summed E-state index contributed by atoms with van der Waals surface area (Å²) in [4.78, 5) is 27.4. The third-order valence-electron chi connectivity index (χ3n) is 10.7. The second-order valence-corrected chi connectivity index (χ2v) is 15.1. The van der Waals surface area contributed by atoms with Gasteiger partial charge in [-0.05, 0) is 50.8 Å². The van der Waals surface area contributed by atoms with Crippen LogP contribution in [0.25, 0.3) is 32.2 Å². The molecule has 10 nitrogen and oxygen atoms in total. The molecule has 4 aliphatic heterocycles. The van der Waals surface area contributed by atoms with Crippen molar-refractivity contribution < 1.29 is 27.4 Å². The Bertz CT molecular complexity index is 2090. The Kier molecular flexibility index (Phi) is 8.35. The highest BCUT2D eigenvalue weighted by atomic mass is 35.5. The number of hydrogen-bond acceptors (Lipinski definition) is 10. The molecule has 2 aromatic carbocycles. The minimum Gasteiger partial charge on any atom is -0.491 e. The van der Waals surface area contributed by atoms with Crippen LogP contribution in [-0.4, -0.2) is 89.4 Å². The minimum absolute atomic E-state index is 0.0509. The number of alkyl halides is 1. The van der Waals surface area contributed by atoms with E-state index in [-0.39, 0.29) is 84.8 Å². The van der Waals surface area contributed by atoms with Gasteiger partial charge in [-0.25, -0.2) is 23.1 Å². The van der Waals surface area contributed by atoms with Gasteiger partial charge in [-0.3, -0.25) is 9.69 Å². The van der Waals surface area contributed by atoms with E-state index in [0.717, 1.165) is 43.6 Å². The number of hydrogen-bond donors (Lipinski definition) is 1. The van der Waals surface area contributed by atoms with Crippen molar-refractivity contribution in [2.45, 2.75) is 63.2 Å². The molecule has 0 bridgehead atoms. The number of halogens is 4. The number of carbonyl (C=O) groups is 1. The number of benzene rings is 2. The van der Waals surface area contributed by atoms with Crippen molar-refractivity contribution in [2.24, 2.45) is 0 Å². The predicted molar refractivity (Wildman–Crippen MR) is 186 cm³/mol. The number of nitriles is 1. The summed E-state index contributed by atoms with van der Waals surface area (Å²) in [5.74, 6) is -1.38. The largest absolute Gasteiger partial charge is 0.491 e. The Balaban J connectivity index is 1.37. The molecule has 1 unspecified atom stereocenters. The summed E-state index contributed by atoms with van der Waals surface area (Å²) in [6.45, 7) is 4.38. The van der Waals surface area contributed by atoms with Crippen LogP contribution < -0.4 is 20.1 Å². The number of anilines is 2. The van der Waals surface area contributed by atoms with Crippen molar-refractivity contribution in [3.05, 3.63) is 34.4 Å². The van der Waals surface area contributed by atoms with Crippen molar-refractivity contribution in [1.29, 1.82) is 5.26 Å². The fraction of sp³-hybridized carbons (Fsp3) is 0.486. The molecular weight excluding hydrogens is 691 g/mol. The molecule has 0 spiro atoms. The second-order valence-electron chi connectivity index (χ2n) is 13.7. The predicted octanol–water partition coefficient (Wildman–Crippen LogP) is 6.45. The lowest BCUT2D eigenvalue weighted by Crippen LogP contribution is -2.50. The summed E-state index contributed by atoms with van der Waals surface area (Å²) < 4.78 is 59.8. The Morgan fingerprint density at radius 1 is 1.20 bits per heavy atom. The summed E-state index contributed by atoms with van der Waals surface area (Å²) in [5, 5.41) is 11.0. The van der Waals surface area contributed by atoms with E-state index in [1.807, 2.05) is 0 Å². The van der Waals surface area contributed by atoms with E-state index in [9.17, 15) is 18.8 Å². The SMILES string of the molecule is CC(=O)N1CCCC(N2CCCOc3c(Cl)c(-c4ccc(F)c5sc(N)nc45)c(F)c4nc(OC[C@@]56CCCN5C[C@H](F)C6)c(C#N)c2c34)C1. The van der Waals surface area contributed by atoms with Crippen LogP contribution in [0.5, 0.6) is 11.6 Å². The number of carbonyl (C=O) groups excluding carboxylic acids is 1. The maximum absolute atomic E-state index is 17.3. The lowest BCUT2D eigenvalue weighted by Gasteiger charge is -2.42. The van der Waals surface area contributed by atoms with Gasteiger partial charge in [-0.2, -0.15) is 5.26 Å². The molecule has 6 heterocycles. The van der Waals surface area contributed by atoms with Crippen LogP contribution in [0.3, 0.4) is 0 Å². The number of pyridine rings is 1.